The van der Waals surface area contributed by atoms with Crippen LogP contribution < -0.4 is 11.5 Å². The summed E-state index contributed by atoms with van der Waals surface area (Å²) in [6, 6.07) is 5.74. The normalized spacial score (nSPS) is 19.0. The number of ether oxygens (including phenoxy) is 1. The molecule has 1 aliphatic rings. The van der Waals surface area contributed by atoms with E-state index in [0.717, 1.165) is 17.7 Å². The number of carbonyl (C=O) groups excluding carboxylic acids is 1. The third-order valence-electron chi connectivity index (χ3n) is 2.41. The number of nitrogen functional groups attached to an aromatic ring is 1. The summed E-state index contributed by atoms with van der Waals surface area (Å²) >= 11 is 0. The van der Waals surface area contributed by atoms with E-state index in [1.54, 1.807) is 0 Å². The highest BCUT2D eigenvalue weighted by atomic mass is 16.6. The molecule has 0 aliphatic heterocycles. The second-order valence-corrected chi connectivity index (χ2v) is 3.50. The number of benzene rings is 1. The van der Waals surface area contributed by atoms with Crippen molar-refractivity contribution in [2.24, 2.45) is 5.73 Å². The van der Waals surface area contributed by atoms with Crippen LogP contribution in [0.3, 0.4) is 0 Å². The van der Waals surface area contributed by atoms with E-state index in [9.17, 15) is 4.79 Å². The Labute approximate surface area is 81.8 Å². The van der Waals surface area contributed by atoms with Crippen LogP contribution in [0.5, 0.6) is 0 Å². The molecule has 0 saturated carbocycles. The van der Waals surface area contributed by atoms with Crippen LogP contribution in [0.2, 0.25) is 0 Å². The summed E-state index contributed by atoms with van der Waals surface area (Å²) < 4.78 is 4.93. The van der Waals surface area contributed by atoms with Crippen molar-refractivity contribution in [3.63, 3.8) is 0 Å². The van der Waals surface area contributed by atoms with Crippen molar-refractivity contribution >= 4 is 11.8 Å². The van der Waals surface area contributed by atoms with Crippen molar-refractivity contribution < 1.29 is 9.53 Å². The molecule has 4 heteroatoms. The van der Waals surface area contributed by atoms with Gasteiger partial charge in [-0.05, 0) is 23.3 Å². The molecule has 0 aromatic heterocycles. The van der Waals surface area contributed by atoms with Gasteiger partial charge in [0.25, 0.3) is 0 Å². The summed E-state index contributed by atoms with van der Waals surface area (Å²) in [6.07, 6.45) is 0.613. The lowest BCUT2D eigenvalue weighted by molar-refractivity contribution is 0.112. The van der Waals surface area contributed by atoms with E-state index in [0.29, 0.717) is 6.42 Å². The van der Waals surface area contributed by atoms with Gasteiger partial charge in [0.15, 0.2) is 0 Å². The fourth-order valence-electron chi connectivity index (χ4n) is 1.85. The molecule has 1 amide bonds. The van der Waals surface area contributed by atoms with Crippen LogP contribution in [-0.4, -0.2) is 12.2 Å². The zero-order chi connectivity index (χ0) is 10.1. The summed E-state index contributed by atoms with van der Waals surface area (Å²) in [5.74, 6) is 0. The van der Waals surface area contributed by atoms with Gasteiger partial charge in [0.1, 0.15) is 6.10 Å². The molecule has 0 spiro atoms. The van der Waals surface area contributed by atoms with E-state index < -0.39 is 6.09 Å². The lowest BCUT2D eigenvalue weighted by Gasteiger charge is -2.07. The van der Waals surface area contributed by atoms with Crippen molar-refractivity contribution in [3.8, 4) is 0 Å². The van der Waals surface area contributed by atoms with Crippen LogP contribution >= 0.6 is 0 Å². The molecule has 0 bridgehead atoms. The summed E-state index contributed by atoms with van der Waals surface area (Å²) in [4.78, 5) is 10.5. The maximum Gasteiger partial charge on any atom is 0.404 e. The van der Waals surface area contributed by atoms with Crippen LogP contribution in [0.4, 0.5) is 10.5 Å². The number of hydrogen-bond donors (Lipinski definition) is 2. The molecule has 0 radical (unpaired) electrons. The van der Waals surface area contributed by atoms with Crippen LogP contribution in [0, 0.1) is 0 Å². The smallest absolute Gasteiger partial charge is 0.404 e. The number of anilines is 1. The van der Waals surface area contributed by atoms with Crippen molar-refractivity contribution in [2.75, 3.05) is 5.73 Å². The molecular formula is C10H12N2O2. The largest absolute Gasteiger partial charge is 0.446 e. The Kier molecular flexibility index (Phi) is 2.04. The Bertz CT molecular complexity index is 376. The van der Waals surface area contributed by atoms with Crippen molar-refractivity contribution in [1.82, 2.24) is 0 Å². The highest BCUT2D eigenvalue weighted by Gasteiger charge is 2.23. The van der Waals surface area contributed by atoms with Crippen LogP contribution in [-0.2, 0) is 17.6 Å². The molecule has 4 nitrogen and oxygen atoms in total. The van der Waals surface area contributed by atoms with E-state index in [4.69, 9.17) is 16.2 Å². The van der Waals surface area contributed by atoms with Gasteiger partial charge in [0.05, 0.1) is 0 Å². The number of primary amides is 1. The second-order valence-electron chi connectivity index (χ2n) is 3.50. The minimum atomic E-state index is -0.712. The van der Waals surface area contributed by atoms with Crippen LogP contribution in [0.15, 0.2) is 18.2 Å². The Hall–Kier alpha value is -1.71. The summed E-state index contributed by atoms with van der Waals surface area (Å²) in [6.45, 7) is 0. The first-order valence-corrected chi connectivity index (χ1v) is 4.48. The molecule has 0 fully saturated rings. The molecule has 1 atom stereocenters. The fourth-order valence-corrected chi connectivity index (χ4v) is 1.85. The van der Waals surface area contributed by atoms with Crippen molar-refractivity contribution in [3.05, 3.63) is 29.3 Å². The molecule has 2 rings (SSSR count). The maximum atomic E-state index is 10.5. The third-order valence-corrected chi connectivity index (χ3v) is 2.41. The quantitative estimate of drug-likeness (QED) is 0.647. The third kappa shape index (κ3) is 1.64. The van der Waals surface area contributed by atoms with Gasteiger partial charge in [0.2, 0.25) is 0 Å². The number of rotatable bonds is 1. The van der Waals surface area contributed by atoms with Crippen LogP contribution in [0.25, 0.3) is 0 Å². The minimum absolute atomic E-state index is 0.121. The summed E-state index contributed by atoms with van der Waals surface area (Å²) in [5.41, 5.74) is 13.7. The number of nitrogens with two attached hydrogens (primary N) is 2. The molecule has 1 aliphatic carbocycles. The molecule has 4 N–H and O–H groups in total. The average molecular weight is 192 g/mol. The molecule has 74 valence electrons. The zero-order valence-electron chi connectivity index (χ0n) is 7.69. The number of amides is 1. The highest BCUT2D eigenvalue weighted by Crippen LogP contribution is 2.25. The molecule has 0 saturated heterocycles. The first-order chi connectivity index (χ1) is 6.65. The van der Waals surface area contributed by atoms with E-state index in [-0.39, 0.29) is 6.10 Å². The molecule has 1 aromatic rings. The van der Waals surface area contributed by atoms with E-state index in [1.807, 2.05) is 18.2 Å². The average Bonchev–Trinajstić information content (AvgIpc) is 2.44. The Morgan fingerprint density at radius 1 is 1.36 bits per heavy atom. The van der Waals surface area contributed by atoms with Gasteiger partial charge < -0.3 is 16.2 Å². The first kappa shape index (κ1) is 8.87. The van der Waals surface area contributed by atoms with Gasteiger partial charge in [-0.3, -0.25) is 0 Å². The van der Waals surface area contributed by atoms with Gasteiger partial charge >= 0.3 is 6.09 Å². The molecule has 1 aromatic carbocycles. The van der Waals surface area contributed by atoms with Gasteiger partial charge in [-0.25, -0.2) is 4.79 Å². The highest BCUT2D eigenvalue weighted by molar-refractivity contribution is 5.65. The lowest BCUT2D eigenvalue weighted by Crippen LogP contribution is -2.22. The monoisotopic (exact) mass is 192 g/mol. The standard InChI is InChI=1S/C10H12N2O2/c11-8-2-1-6-4-9(14-10(12)13)5-7(6)3-8/h1-3,9H,4-5,11H2,(H2,12,13)/t9-/m0/s1. The van der Waals surface area contributed by atoms with E-state index in [2.05, 4.69) is 0 Å². The fraction of sp³-hybridized carbons (Fsp3) is 0.300. The molecule has 14 heavy (non-hydrogen) atoms. The van der Waals surface area contributed by atoms with Crippen molar-refractivity contribution in [2.45, 2.75) is 18.9 Å². The van der Waals surface area contributed by atoms with Gasteiger partial charge in [-0.2, -0.15) is 0 Å². The number of carbonyl (C=O) groups is 1. The van der Waals surface area contributed by atoms with Gasteiger partial charge in [-0.1, -0.05) is 6.07 Å². The SMILES string of the molecule is NC(=O)O[C@H]1Cc2ccc(N)cc2C1. The number of hydrogen-bond acceptors (Lipinski definition) is 3. The molecule has 0 heterocycles. The Morgan fingerprint density at radius 3 is 2.79 bits per heavy atom. The second kappa shape index (κ2) is 3.21. The zero-order valence-corrected chi connectivity index (χ0v) is 7.69. The van der Waals surface area contributed by atoms with Gasteiger partial charge in [-0.15, -0.1) is 0 Å². The Morgan fingerprint density at radius 2 is 2.07 bits per heavy atom. The molecule has 0 unspecified atom stereocenters. The summed E-state index contributed by atoms with van der Waals surface area (Å²) in [5, 5.41) is 0. The minimum Gasteiger partial charge on any atom is -0.446 e. The van der Waals surface area contributed by atoms with Crippen molar-refractivity contribution in [1.29, 1.82) is 0 Å². The van der Waals surface area contributed by atoms with E-state index in [1.165, 1.54) is 5.56 Å². The van der Waals surface area contributed by atoms with Gasteiger partial charge in [0, 0.05) is 18.5 Å². The maximum absolute atomic E-state index is 10.5. The Balaban J connectivity index is 2.14. The number of fused-ring (bicyclic) bond motifs is 1. The van der Waals surface area contributed by atoms with E-state index >= 15 is 0 Å². The lowest BCUT2D eigenvalue weighted by atomic mass is 10.1. The summed E-state index contributed by atoms with van der Waals surface area (Å²) in [7, 11) is 0. The predicted molar refractivity (Wildman–Crippen MR) is 52.7 cm³/mol. The first-order valence-electron chi connectivity index (χ1n) is 4.48. The predicted octanol–water partition coefficient (Wildman–Crippen LogP) is 0.831. The molecular weight excluding hydrogens is 180 g/mol. The van der Waals surface area contributed by atoms with Crippen LogP contribution in [0.1, 0.15) is 11.1 Å². The topological polar surface area (TPSA) is 78.3 Å².